The van der Waals surface area contributed by atoms with Crippen molar-refractivity contribution in [1.82, 2.24) is 10.3 Å². The van der Waals surface area contributed by atoms with Gasteiger partial charge in [-0.15, -0.1) is 0 Å². The van der Waals surface area contributed by atoms with Gasteiger partial charge in [0.2, 0.25) is 0 Å². The maximum atomic E-state index is 13.7. The van der Waals surface area contributed by atoms with E-state index in [1.165, 1.54) is 6.20 Å². The summed E-state index contributed by atoms with van der Waals surface area (Å²) >= 11 is 3.44. The van der Waals surface area contributed by atoms with E-state index < -0.39 is 0 Å². The molecule has 1 unspecified atom stereocenters. The van der Waals surface area contributed by atoms with E-state index in [1.807, 2.05) is 31.3 Å². The van der Waals surface area contributed by atoms with Gasteiger partial charge in [-0.25, -0.2) is 4.39 Å². The molecular formula is C14H14BrFN2. The molecule has 0 amide bonds. The second kappa shape index (κ2) is 6.07. The van der Waals surface area contributed by atoms with Crippen molar-refractivity contribution in [1.29, 1.82) is 0 Å². The highest BCUT2D eigenvalue weighted by Gasteiger charge is 2.14. The van der Waals surface area contributed by atoms with E-state index in [0.717, 1.165) is 16.5 Å². The van der Waals surface area contributed by atoms with Crippen LogP contribution < -0.4 is 5.32 Å². The zero-order valence-corrected chi connectivity index (χ0v) is 11.6. The third-order valence-corrected chi connectivity index (χ3v) is 3.35. The predicted octanol–water partition coefficient (Wildman–Crippen LogP) is 3.49. The first-order valence-electron chi connectivity index (χ1n) is 5.72. The summed E-state index contributed by atoms with van der Waals surface area (Å²) in [7, 11) is 1.84. The maximum absolute atomic E-state index is 13.7. The fourth-order valence-corrected chi connectivity index (χ4v) is 2.38. The Morgan fingerprint density at radius 3 is 2.89 bits per heavy atom. The van der Waals surface area contributed by atoms with E-state index in [2.05, 4.69) is 26.2 Å². The Hall–Kier alpha value is -1.26. The third-order valence-electron chi connectivity index (χ3n) is 2.86. The van der Waals surface area contributed by atoms with E-state index >= 15 is 0 Å². The summed E-state index contributed by atoms with van der Waals surface area (Å²) in [5.74, 6) is -0.271. The average molecular weight is 309 g/mol. The van der Waals surface area contributed by atoms with Crippen molar-refractivity contribution < 1.29 is 4.39 Å². The second-order valence-electron chi connectivity index (χ2n) is 4.07. The fraction of sp³-hybridized carbons (Fsp3) is 0.214. The lowest BCUT2D eigenvalue weighted by Crippen LogP contribution is -2.20. The summed E-state index contributed by atoms with van der Waals surface area (Å²) in [6.45, 7) is 0. The Labute approximate surface area is 114 Å². The van der Waals surface area contributed by atoms with Crippen LogP contribution in [0.3, 0.4) is 0 Å². The maximum Gasteiger partial charge on any atom is 0.146 e. The highest BCUT2D eigenvalue weighted by molar-refractivity contribution is 9.10. The van der Waals surface area contributed by atoms with Crippen molar-refractivity contribution in [2.24, 2.45) is 0 Å². The molecule has 0 fully saturated rings. The zero-order valence-electron chi connectivity index (χ0n) is 10.0. The van der Waals surface area contributed by atoms with E-state index in [4.69, 9.17) is 0 Å². The second-order valence-corrected chi connectivity index (χ2v) is 4.99. The lowest BCUT2D eigenvalue weighted by molar-refractivity contribution is 0.530. The van der Waals surface area contributed by atoms with Gasteiger partial charge in [0.25, 0.3) is 0 Å². The molecule has 0 bridgehead atoms. The fourth-order valence-electron chi connectivity index (χ4n) is 1.94. The number of aromatic nitrogens is 1. The van der Waals surface area contributed by atoms with Crippen LogP contribution in [0.5, 0.6) is 0 Å². The van der Waals surface area contributed by atoms with Crippen molar-refractivity contribution in [3.8, 4) is 0 Å². The molecule has 0 spiro atoms. The molecule has 94 valence electrons. The largest absolute Gasteiger partial charge is 0.313 e. The van der Waals surface area contributed by atoms with Gasteiger partial charge in [-0.2, -0.15) is 0 Å². The van der Waals surface area contributed by atoms with E-state index in [0.29, 0.717) is 5.56 Å². The number of nitrogens with one attached hydrogen (secondary N) is 1. The quantitative estimate of drug-likeness (QED) is 0.935. The molecular weight excluding hydrogens is 295 g/mol. The Bertz CT molecular complexity index is 531. The van der Waals surface area contributed by atoms with Crippen molar-refractivity contribution in [3.05, 3.63) is 64.1 Å². The zero-order chi connectivity index (χ0) is 13.0. The Kier molecular flexibility index (Phi) is 4.44. The van der Waals surface area contributed by atoms with Crippen molar-refractivity contribution in [3.63, 3.8) is 0 Å². The summed E-state index contributed by atoms with van der Waals surface area (Å²) in [5, 5.41) is 3.14. The van der Waals surface area contributed by atoms with E-state index in [9.17, 15) is 4.39 Å². The molecule has 1 atom stereocenters. The van der Waals surface area contributed by atoms with Gasteiger partial charge in [-0.3, -0.25) is 4.98 Å². The van der Waals surface area contributed by atoms with Gasteiger partial charge in [-0.05, 0) is 37.2 Å². The molecule has 0 saturated heterocycles. The number of benzene rings is 1. The molecule has 0 aliphatic rings. The van der Waals surface area contributed by atoms with Crippen LogP contribution in [-0.4, -0.2) is 12.0 Å². The number of nitrogens with zero attached hydrogens (tertiary/aromatic N) is 1. The van der Waals surface area contributed by atoms with Crippen LogP contribution in [0.1, 0.15) is 17.2 Å². The normalized spacial score (nSPS) is 12.4. The van der Waals surface area contributed by atoms with E-state index in [-0.39, 0.29) is 11.9 Å². The van der Waals surface area contributed by atoms with Crippen LogP contribution in [-0.2, 0) is 6.42 Å². The minimum absolute atomic E-state index is 0.0534. The van der Waals surface area contributed by atoms with Gasteiger partial charge in [-0.1, -0.05) is 28.1 Å². The van der Waals surface area contributed by atoms with Gasteiger partial charge >= 0.3 is 0 Å². The summed E-state index contributed by atoms with van der Waals surface area (Å²) in [4.78, 5) is 3.77. The summed E-state index contributed by atoms with van der Waals surface area (Å²) in [6, 6.07) is 9.70. The number of hydrogen-bond acceptors (Lipinski definition) is 2. The van der Waals surface area contributed by atoms with Gasteiger partial charge in [0.1, 0.15) is 5.82 Å². The van der Waals surface area contributed by atoms with Crippen molar-refractivity contribution >= 4 is 15.9 Å². The monoisotopic (exact) mass is 308 g/mol. The summed E-state index contributed by atoms with van der Waals surface area (Å²) < 4.78 is 14.7. The predicted molar refractivity (Wildman–Crippen MR) is 73.8 cm³/mol. The summed E-state index contributed by atoms with van der Waals surface area (Å²) in [5.41, 5.74) is 1.80. The first-order chi connectivity index (χ1) is 8.70. The molecule has 2 rings (SSSR count). The van der Waals surface area contributed by atoms with Crippen LogP contribution in [0, 0.1) is 5.82 Å². The van der Waals surface area contributed by atoms with Gasteiger partial charge in [0.15, 0.2) is 0 Å². The molecule has 1 aromatic carbocycles. The number of halogens is 2. The first kappa shape index (κ1) is 13.2. The highest BCUT2D eigenvalue weighted by atomic mass is 79.9. The van der Waals surface area contributed by atoms with Crippen molar-refractivity contribution in [2.45, 2.75) is 12.5 Å². The van der Waals surface area contributed by atoms with E-state index in [1.54, 1.807) is 12.3 Å². The molecule has 0 saturated carbocycles. The molecule has 2 aromatic rings. The smallest absolute Gasteiger partial charge is 0.146 e. The van der Waals surface area contributed by atoms with Gasteiger partial charge < -0.3 is 5.32 Å². The molecule has 1 heterocycles. The molecule has 18 heavy (non-hydrogen) atoms. The van der Waals surface area contributed by atoms with Gasteiger partial charge in [0.05, 0.1) is 6.20 Å². The average Bonchev–Trinajstić information content (AvgIpc) is 2.37. The molecule has 1 N–H and O–H groups in total. The van der Waals surface area contributed by atoms with Crippen LogP contribution >= 0.6 is 15.9 Å². The molecule has 1 aromatic heterocycles. The first-order valence-corrected chi connectivity index (χ1v) is 6.51. The topological polar surface area (TPSA) is 24.9 Å². The Balaban J connectivity index is 2.23. The molecule has 0 radical (unpaired) electrons. The lowest BCUT2D eigenvalue weighted by Gasteiger charge is -2.17. The number of rotatable bonds is 4. The minimum atomic E-state index is -0.271. The van der Waals surface area contributed by atoms with Crippen LogP contribution in [0.4, 0.5) is 4.39 Å². The standard InChI is InChI=1S/C14H14BrFN2/c1-17-14(12-5-6-18-9-13(12)16)8-10-3-2-4-11(15)7-10/h2-7,9,14,17H,8H2,1H3. The molecule has 0 aliphatic heterocycles. The van der Waals surface area contributed by atoms with Crippen LogP contribution in [0.15, 0.2) is 47.2 Å². The highest BCUT2D eigenvalue weighted by Crippen LogP contribution is 2.21. The number of pyridine rings is 1. The number of likely N-dealkylation sites (N-methyl/N-ethyl adjacent to an activating group) is 1. The summed E-state index contributed by atoms with van der Waals surface area (Å²) in [6.07, 6.45) is 3.60. The van der Waals surface area contributed by atoms with Crippen molar-refractivity contribution in [2.75, 3.05) is 7.05 Å². The molecule has 4 heteroatoms. The number of hydrogen-bond donors (Lipinski definition) is 1. The Morgan fingerprint density at radius 2 is 2.22 bits per heavy atom. The van der Waals surface area contributed by atoms with Gasteiger partial charge in [0, 0.05) is 22.3 Å². The molecule has 0 aliphatic carbocycles. The third kappa shape index (κ3) is 3.15. The van der Waals surface area contributed by atoms with Crippen LogP contribution in [0.25, 0.3) is 0 Å². The molecule has 2 nitrogen and oxygen atoms in total. The lowest BCUT2D eigenvalue weighted by atomic mass is 9.99. The van der Waals surface area contributed by atoms with Crippen LogP contribution in [0.2, 0.25) is 0 Å². The minimum Gasteiger partial charge on any atom is -0.313 e. The SMILES string of the molecule is CNC(Cc1cccc(Br)c1)c1ccncc1F. The Morgan fingerprint density at radius 1 is 1.39 bits per heavy atom.